The largest absolute Gasteiger partial charge is 1.00 e. The average Bonchev–Trinajstić information content (AvgIpc) is 2.41. The summed E-state index contributed by atoms with van der Waals surface area (Å²) < 4.78 is 40.3. The molecule has 1 unspecified atom stereocenters. The summed E-state index contributed by atoms with van der Waals surface area (Å²) in [5.41, 5.74) is 0.620. The molecule has 0 amide bonds. The average molecular weight is 318 g/mol. The molecular weight excluding hydrogens is 303 g/mol. The first-order valence-electron chi connectivity index (χ1n) is 6.34. The fourth-order valence-electron chi connectivity index (χ4n) is 2.13. The number of aryl methyl sites for hydroxylation is 2. The van der Waals surface area contributed by atoms with Crippen LogP contribution in [0, 0.1) is 13.8 Å². The number of alkyl halides is 3. The first-order chi connectivity index (χ1) is 9.80. The van der Waals surface area contributed by atoms with E-state index in [1.54, 1.807) is 37.3 Å². The van der Waals surface area contributed by atoms with Crippen LogP contribution < -0.4 is 24.2 Å². The molecule has 0 saturated heterocycles. The maximum atomic E-state index is 13.4. The summed E-state index contributed by atoms with van der Waals surface area (Å²) in [6.07, 6.45) is 0. The maximum absolute atomic E-state index is 13.4. The van der Waals surface area contributed by atoms with Crippen LogP contribution in [0.1, 0.15) is 22.9 Å². The molecule has 22 heavy (non-hydrogen) atoms. The molecule has 1 nitrogen and oxygen atoms in total. The quantitative estimate of drug-likeness (QED) is 0.624. The van der Waals surface area contributed by atoms with Crippen molar-refractivity contribution in [1.29, 1.82) is 0 Å². The minimum absolute atomic E-state index is 0. The van der Waals surface area contributed by atoms with E-state index < -0.39 is 19.4 Å². The van der Waals surface area contributed by atoms with Crippen LogP contribution in [0.3, 0.4) is 0 Å². The van der Waals surface area contributed by atoms with Gasteiger partial charge in [0, 0.05) is 5.56 Å². The summed E-state index contributed by atoms with van der Waals surface area (Å²) in [7, 11) is -2.91. The van der Waals surface area contributed by atoms with Gasteiger partial charge in [0.1, 0.15) is 7.92 Å². The van der Waals surface area contributed by atoms with Crippen LogP contribution in [0.2, 0.25) is 0 Å². The Balaban J connectivity index is 0.00000242. The molecule has 2 rings (SSSR count). The van der Waals surface area contributed by atoms with Gasteiger partial charge in [0.05, 0.1) is 0 Å². The number of halogens is 3. The van der Waals surface area contributed by atoms with E-state index in [9.17, 15) is 18.0 Å². The molecule has 0 heterocycles. The van der Waals surface area contributed by atoms with Crippen molar-refractivity contribution >= 4 is 18.8 Å². The van der Waals surface area contributed by atoms with Gasteiger partial charge in [-0.1, -0.05) is 54.1 Å². The molecule has 0 aromatic heterocycles. The van der Waals surface area contributed by atoms with Crippen LogP contribution in [0.15, 0.2) is 48.5 Å². The van der Waals surface area contributed by atoms with Crippen LogP contribution in [0.5, 0.6) is 0 Å². The molecule has 6 heteroatoms. The molecule has 0 aliphatic carbocycles. The second-order valence-corrected chi connectivity index (χ2v) is 6.83. The predicted molar refractivity (Wildman–Crippen MR) is 80.4 cm³/mol. The van der Waals surface area contributed by atoms with Gasteiger partial charge in [-0.2, -0.15) is 13.2 Å². The van der Waals surface area contributed by atoms with E-state index in [2.05, 4.69) is 0 Å². The first-order valence-corrected chi connectivity index (χ1v) is 7.68. The molecule has 0 bridgehead atoms. The van der Waals surface area contributed by atoms with Gasteiger partial charge < -0.3 is 1.43 Å². The number of carbonyl (C=O) groups excluding carboxylic acids is 1. The van der Waals surface area contributed by atoms with Gasteiger partial charge >= 0.3 is 24.8 Å². The van der Waals surface area contributed by atoms with Crippen molar-refractivity contribution in [1.82, 2.24) is 0 Å². The second kappa shape index (κ2) is 7.46. The first kappa shape index (κ1) is 19.0. The Morgan fingerprint density at radius 2 is 1.64 bits per heavy atom. The van der Waals surface area contributed by atoms with Crippen molar-refractivity contribution in [2.45, 2.75) is 19.8 Å². The van der Waals surface area contributed by atoms with Gasteiger partial charge in [-0.25, -0.2) is 0 Å². The number of benzene rings is 2. The van der Waals surface area contributed by atoms with E-state index in [1.165, 1.54) is 18.2 Å². The predicted octanol–water partition coefficient (Wildman–Crippen LogP) is 1.89. The molecule has 0 fully saturated rings. The Labute approximate surface area is 142 Å². The van der Waals surface area contributed by atoms with Gasteiger partial charge in [0.2, 0.25) is 0 Å². The number of hydrogen-bond donors (Lipinski definition) is 0. The molecule has 2 aromatic carbocycles. The van der Waals surface area contributed by atoms with Crippen LogP contribution in [0.4, 0.5) is 13.2 Å². The van der Waals surface area contributed by atoms with Gasteiger partial charge in [-0.15, -0.1) is 0 Å². The van der Waals surface area contributed by atoms with Crippen LogP contribution in [-0.2, 0) is 0 Å². The van der Waals surface area contributed by atoms with Crippen LogP contribution in [0.25, 0.3) is 0 Å². The number of rotatable bonds is 3. The van der Waals surface area contributed by atoms with Crippen molar-refractivity contribution in [3.63, 3.8) is 0 Å². The second-order valence-electron chi connectivity index (χ2n) is 4.76. The van der Waals surface area contributed by atoms with Crippen molar-refractivity contribution in [2.24, 2.45) is 0 Å². The summed E-state index contributed by atoms with van der Waals surface area (Å²) in [4.78, 5) is 12.3. The van der Waals surface area contributed by atoms with E-state index in [-0.39, 0.29) is 31.2 Å². The summed E-state index contributed by atoms with van der Waals surface area (Å²) in [6.45, 7) is 3.42. The standard InChI is InChI=1S/C16H14F3OP.Li.H/c1-11-8-9-14(12(2)10-11)21(16(17,18)19)15(20)13-6-4-3-5-7-13;;/h3-10H,1-2H3;;/q;+1;-1. The van der Waals surface area contributed by atoms with E-state index in [0.717, 1.165) is 5.56 Å². The fraction of sp³-hybridized carbons (Fsp3) is 0.188. The van der Waals surface area contributed by atoms with Crippen LogP contribution >= 0.6 is 7.92 Å². The van der Waals surface area contributed by atoms with E-state index >= 15 is 0 Å². The topological polar surface area (TPSA) is 17.1 Å². The Morgan fingerprint density at radius 1 is 1.05 bits per heavy atom. The molecule has 0 saturated carbocycles. The molecular formula is C16H15F3LiOP. The monoisotopic (exact) mass is 318 g/mol. The summed E-state index contributed by atoms with van der Waals surface area (Å²) >= 11 is 0. The third-order valence-corrected chi connectivity index (χ3v) is 5.23. The van der Waals surface area contributed by atoms with Gasteiger partial charge in [0.25, 0.3) is 0 Å². The van der Waals surface area contributed by atoms with Crippen molar-refractivity contribution in [3.8, 4) is 0 Å². The van der Waals surface area contributed by atoms with Crippen molar-refractivity contribution in [3.05, 3.63) is 65.2 Å². The van der Waals surface area contributed by atoms with Gasteiger partial charge in [0.15, 0.2) is 5.52 Å². The van der Waals surface area contributed by atoms with E-state index in [4.69, 9.17) is 0 Å². The van der Waals surface area contributed by atoms with Gasteiger partial charge in [-0.3, -0.25) is 4.79 Å². The summed E-state index contributed by atoms with van der Waals surface area (Å²) in [5, 5.41) is 0.0805. The van der Waals surface area contributed by atoms with E-state index in [0.29, 0.717) is 5.56 Å². The molecule has 0 spiro atoms. The fourth-order valence-corrected chi connectivity index (χ4v) is 3.90. The Bertz CT molecular complexity index is 662. The third kappa shape index (κ3) is 4.23. The SMILES string of the molecule is Cc1ccc(P(C(=O)c2ccccc2)C(F)(F)F)c(C)c1.[H-].[Li+]. The van der Waals surface area contributed by atoms with Crippen molar-refractivity contribution < 1.29 is 38.3 Å². The zero-order valence-corrected chi connectivity index (χ0v) is 13.5. The zero-order valence-electron chi connectivity index (χ0n) is 13.6. The summed E-state index contributed by atoms with van der Waals surface area (Å²) in [6, 6.07) is 12.4. The smallest absolute Gasteiger partial charge is 1.00 e. The third-order valence-electron chi connectivity index (χ3n) is 3.07. The molecule has 0 aliphatic rings. The molecule has 2 aromatic rings. The van der Waals surface area contributed by atoms with Gasteiger partial charge in [-0.05, 0) is 24.7 Å². The van der Waals surface area contributed by atoms with Crippen molar-refractivity contribution in [2.75, 3.05) is 0 Å². The van der Waals surface area contributed by atoms with E-state index in [1.807, 2.05) is 6.92 Å². The number of hydrogen-bond acceptors (Lipinski definition) is 1. The minimum atomic E-state index is -4.55. The summed E-state index contributed by atoms with van der Waals surface area (Å²) in [5.74, 6) is -4.55. The Hall–Kier alpha value is -1.07. The maximum Gasteiger partial charge on any atom is 1.00 e. The molecule has 0 radical (unpaired) electrons. The molecule has 0 aliphatic heterocycles. The molecule has 0 N–H and O–H groups in total. The zero-order chi connectivity index (χ0) is 15.6. The Kier molecular flexibility index (Phi) is 6.44. The minimum Gasteiger partial charge on any atom is -1.00 e. The Morgan fingerprint density at radius 3 is 2.14 bits per heavy atom. The molecule has 1 atom stereocenters. The molecule has 112 valence electrons. The number of carbonyl (C=O) groups is 1. The normalized spacial score (nSPS) is 12.4. The van der Waals surface area contributed by atoms with Crippen LogP contribution in [-0.4, -0.2) is 11.4 Å².